The molecule has 0 N–H and O–H groups in total. The smallest absolute Gasteiger partial charge is 0.0491 e. The number of fused-ring (bicyclic) bond motifs is 6. The van der Waals surface area contributed by atoms with E-state index in [1.165, 1.54) is 119 Å². The molecule has 1 aliphatic carbocycles. The first kappa shape index (κ1) is 28.8. The Morgan fingerprint density at radius 2 is 1.05 bits per heavy atom. The Balaban J connectivity index is 1.47. The predicted octanol–water partition coefficient (Wildman–Crippen LogP) is 12.3. The highest BCUT2D eigenvalue weighted by Crippen LogP contribution is 2.55. The Labute approximate surface area is 254 Å². The normalized spacial score (nSPS) is 13.6. The fourth-order valence-corrected chi connectivity index (χ4v) is 7.92. The van der Waals surface area contributed by atoms with Crippen molar-refractivity contribution in [2.24, 2.45) is 0 Å². The van der Waals surface area contributed by atoms with E-state index in [0.717, 1.165) is 6.54 Å². The van der Waals surface area contributed by atoms with E-state index in [4.69, 9.17) is 0 Å². The largest absolute Gasteiger partial charge is 0.341 e. The zero-order valence-corrected chi connectivity index (χ0v) is 26.7. The van der Waals surface area contributed by atoms with Crippen LogP contribution in [0.4, 0.5) is 0 Å². The Bertz CT molecular complexity index is 1700. The van der Waals surface area contributed by atoms with Gasteiger partial charge in [0.1, 0.15) is 0 Å². The Morgan fingerprint density at radius 1 is 0.524 bits per heavy atom. The summed E-state index contributed by atoms with van der Waals surface area (Å²) in [6, 6.07) is 28.8. The van der Waals surface area contributed by atoms with Gasteiger partial charge in [-0.1, -0.05) is 119 Å². The topological polar surface area (TPSA) is 4.93 Å². The van der Waals surface area contributed by atoms with Crippen molar-refractivity contribution < 1.29 is 0 Å². The SMILES string of the molecule is CCCCCCC1(CCCCCC)c2ccc(C)cc2-c2cc(-c3ccc4c(c3)c3cc(C)ccc3n4CC)ccc21. The summed E-state index contributed by atoms with van der Waals surface area (Å²) in [7, 11) is 0. The first-order valence-electron chi connectivity index (χ1n) is 16.8. The summed E-state index contributed by atoms with van der Waals surface area (Å²) in [5.74, 6) is 0. The zero-order valence-electron chi connectivity index (χ0n) is 26.7. The molecule has 0 bridgehead atoms. The Hall–Kier alpha value is -3.32. The van der Waals surface area contributed by atoms with E-state index in [9.17, 15) is 0 Å². The van der Waals surface area contributed by atoms with Gasteiger partial charge in [0.15, 0.2) is 0 Å². The van der Waals surface area contributed by atoms with Crippen LogP contribution >= 0.6 is 0 Å². The highest BCUT2D eigenvalue weighted by Gasteiger charge is 2.42. The number of rotatable bonds is 12. The molecule has 0 spiro atoms. The summed E-state index contributed by atoms with van der Waals surface area (Å²) < 4.78 is 2.46. The third-order valence-electron chi connectivity index (χ3n) is 10.1. The van der Waals surface area contributed by atoms with Crippen LogP contribution in [0, 0.1) is 13.8 Å². The minimum atomic E-state index is 0.147. The lowest BCUT2D eigenvalue weighted by Gasteiger charge is -2.33. The number of hydrogen-bond acceptors (Lipinski definition) is 0. The van der Waals surface area contributed by atoms with Crippen LogP contribution in [0.2, 0.25) is 0 Å². The van der Waals surface area contributed by atoms with Crippen LogP contribution in [0.5, 0.6) is 0 Å². The van der Waals surface area contributed by atoms with Crippen molar-refractivity contribution in [1.29, 1.82) is 0 Å². The molecule has 0 aliphatic heterocycles. The molecule has 1 heteroatoms. The second-order valence-electron chi connectivity index (χ2n) is 13.0. The monoisotopic (exact) mass is 555 g/mol. The fourth-order valence-electron chi connectivity index (χ4n) is 7.92. The lowest BCUT2D eigenvalue weighted by atomic mass is 9.70. The quantitative estimate of drug-likeness (QED) is 0.135. The standard InChI is InChI=1S/C41H49N/c1-6-9-11-13-23-41(24-14-12-10-7-2)37-19-15-29(4)25-33(37)34-27-31(17-20-38(34)41)32-18-22-40-36(28-32)35-26-30(5)16-21-39(35)42(40)8-3/h15-22,25-28H,6-14,23-24H2,1-5H3. The zero-order chi connectivity index (χ0) is 29.3. The molecule has 0 saturated heterocycles. The summed E-state index contributed by atoms with van der Waals surface area (Å²) in [5, 5.41) is 2.74. The third kappa shape index (κ3) is 5.00. The van der Waals surface area contributed by atoms with Gasteiger partial charge in [0, 0.05) is 33.8 Å². The number of nitrogens with zero attached hydrogens (tertiary/aromatic N) is 1. The maximum Gasteiger partial charge on any atom is 0.0491 e. The van der Waals surface area contributed by atoms with Crippen molar-refractivity contribution in [2.75, 3.05) is 0 Å². The molecule has 0 saturated carbocycles. The van der Waals surface area contributed by atoms with Gasteiger partial charge in [-0.25, -0.2) is 0 Å². The maximum absolute atomic E-state index is 2.53. The molecule has 6 rings (SSSR count). The molecular weight excluding hydrogens is 506 g/mol. The van der Waals surface area contributed by atoms with E-state index in [0.29, 0.717) is 0 Å². The van der Waals surface area contributed by atoms with E-state index in [2.05, 4.69) is 112 Å². The molecule has 1 heterocycles. The van der Waals surface area contributed by atoms with E-state index in [1.54, 1.807) is 11.1 Å². The van der Waals surface area contributed by atoms with E-state index in [1.807, 2.05) is 0 Å². The summed E-state index contributed by atoms with van der Waals surface area (Å²) in [6.45, 7) is 12.3. The number of aryl methyl sites for hydroxylation is 3. The van der Waals surface area contributed by atoms with E-state index < -0.39 is 0 Å². The van der Waals surface area contributed by atoms with Gasteiger partial charge in [-0.05, 0) is 97.3 Å². The van der Waals surface area contributed by atoms with Gasteiger partial charge in [-0.15, -0.1) is 0 Å². The summed E-state index contributed by atoms with van der Waals surface area (Å²) in [6.07, 6.45) is 13.1. The number of benzene rings is 4. The van der Waals surface area contributed by atoms with Crippen molar-refractivity contribution in [2.45, 2.75) is 111 Å². The number of aromatic nitrogens is 1. The first-order valence-corrected chi connectivity index (χ1v) is 16.8. The van der Waals surface area contributed by atoms with Gasteiger partial charge in [0.05, 0.1) is 0 Å². The van der Waals surface area contributed by atoms with Gasteiger partial charge in [0.2, 0.25) is 0 Å². The Kier molecular flexibility index (Phi) is 8.30. The maximum atomic E-state index is 2.53. The summed E-state index contributed by atoms with van der Waals surface area (Å²) in [5.41, 5.74) is 14.3. The second kappa shape index (κ2) is 12.1. The van der Waals surface area contributed by atoms with Crippen LogP contribution in [-0.4, -0.2) is 4.57 Å². The molecular formula is C41H49N. The minimum Gasteiger partial charge on any atom is -0.341 e. The van der Waals surface area contributed by atoms with Gasteiger partial charge < -0.3 is 4.57 Å². The molecule has 0 unspecified atom stereocenters. The fraction of sp³-hybridized carbons (Fsp3) is 0.415. The lowest BCUT2D eigenvalue weighted by molar-refractivity contribution is 0.401. The first-order chi connectivity index (χ1) is 20.5. The number of unbranched alkanes of at least 4 members (excludes halogenated alkanes) is 6. The molecule has 1 aromatic heterocycles. The molecule has 4 aromatic carbocycles. The molecule has 5 aromatic rings. The van der Waals surface area contributed by atoms with E-state index >= 15 is 0 Å². The lowest BCUT2D eigenvalue weighted by Crippen LogP contribution is -2.25. The molecule has 1 nitrogen and oxygen atoms in total. The highest BCUT2D eigenvalue weighted by atomic mass is 15.0. The molecule has 0 fully saturated rings. The third-order valence-corrected chi connectivity index (χ3v) is 10.1. The minimum absolute atomic E-state index is 0.147. The van der Waals surface area contributed by atoms with Gasteiger partial charge in [0.25, 0.3) is 0 Å². The predicted molar refractivity (Wildman–Crippen MR) is 184 cm³/mol. The van der Waals surface area contributed by atoms with Crippen LogP contribution in [0.15, 0.2) is 72.8 Å². The van der Waals surface area contributed by atoms with Crippen LogP contribution in [0.1, 0.15) is 107 Å². The molecule has 1 aliphatic rings. The Morgan fingerprint density at radius 3 is 1.71 bits per heavy atom. The average Bonchev–Trinajstić information content (AvgIpc) is 3.45. The second-order valence-corrected chi connectivity index (χ2v) is 13.0. The number of hydrogen-bond donors (Lipinski definition) is 0. The van der Waals surface area contributed by atoms with Crippen molar-refractivity contribution in [3.63, 3.8) is 0 Å². The molecule has 42 heavy (non-hydrogen) atoms. The van der Waals surface area contributed by atoms with Gasteiger partial charge in [-0.3, -0.25) is 0 Å². The summed E-state index contributed by atoms with van der Waals surface area (Å²) >= 11 is 0. The van der Waals surface area contributed by atoms with Crippen LogP contribution in [0.3, 0.4) is 0 Å². The van der Waals surface area contributed by atoms with Crippen LogP contribution < -0.4 is 0 Å². The van der Waals surface area contributed by atoms with Crippen molar-refractivity contribution in [3.8, 4) is 22.3 Å². The molecule has 0 radical (unpaired) electrons. The van der Waals surface area contributed by atoms with Crippen molar-refractivity contribution >= 4 is 21.8 Å². The molecule has 218 valence electrons. The summed E-state index contributed by atoms with van der Waals surface area (Å²) in [4.78, 5) is 0. The van der Waals surface area contributed by atoms with Crippen molar-refractivity contribution in [3.05, 3.63) is 95.1 Å². The average molecular weight is 556 g/mol. The van der Waals surface area contributed by atoms with E-state index in [-0.39, 0.29) is 5.41 Å². The van der Waals surface area contributed by atoms with Gasteiger partial charge in [-0.2, -0.15) is 0 Å². The van der Waals surface area contributed by atoms with Crippen LogP contribution in [-0.2, 0) is 12.0 Å². The van der Waals surface area contributed by atoms with Crippen molar-refractivity contribution in [1.82, 2.24) is 4.57 Å². The van der Waals surface area contributed by atoms with Crippen LogP contribution in [0.25, 0.3) is 44.1 Å². The van der Waals surface area contributed by atoms with Gasteiger partial charge >= 0.3 is 0 Å². The molecule has 0 amide bonds. The highest BCUT2D eigenvalue weighted by molar-refractivity contribution is 6.09. The molecule has 0 atom stereocenters.